The lowest BCUT2D eigenvalue weighted by molar-refractivity contribution is 0.243. The summed E-state index contributed by atoms with van der Waals surface area (Å²) < 4.78 is 7.85. The zero-order chi connectivity index (χ0) is 22.5. The zero-order valence-corrected chi connectivity index (χ0v) is 19.2. The number of rotatable bonds is 9. The molecule has 0 saturated heterocycles. The Bertz CT molecular complexity index is 1200. The number of para-hydroxylation sites is 1. The standard InChI is InChI=1S/C26H31N5O/c1-5-19-12-13-21(17-20(19)14-15-27-4)28-26-29-25-23(10-8-16-31(25)30-26)22-9-6-7-11-24(22)32-18(2)3/h6-13,16-18,27H,5,14-15H2,1-4H3,(H,28,30). The Morgan fingerprint density at radius 2 is 1.81 bits per heavy atom. The zero-order valence-electron chi connectivity index (χ0n) is 19.2. The smallest absolute Gasteiger partial charge is 0.247 e. The molecule has 0 amide bonds. The van der Waals surface area contributed by atoms with Gasteiger partial charge in [-0.2, -0.15) is 4.98 Å². The van der Waals surface area contributed by atoms with E-state index in [9.17, 15) is 0 Å². The number of likely N-dealkylation sites (N-methyl/N-ethyl adjacent to an activating group) is 1. The van der Waals surface area contributed by atoms with E-state index >= 15 is 0 Å². The van der Waals surface area contributed by atoms with Crippen LogP contribution in [0.2, 0.25) is 0 Å². The van der Waals surface area contributed by atoms with Crippen molar-refractivity contribution in [3.63, 3.8) is 0 Å². The number of hydrogen-bond acceptors (Lipinski definition) is 5. The summed E-state index contributed by atoms with van der Waals surface area (Å²) in [6.45, 7) is 7.21. The lowest BCUT2D eigenvalue weighted by Crippen LogP contribution is -2.11. The third-order valence-electron chi connectivity index (χ3n) is 5.39. The van der Waals surface area contributed by atoms with Crippen LogP contribution in [0.15, 0.2) is 60.8 Å². The monoisotopic (exact) mass is 429 g/mol. The molecule has 0 aliphatic rings. The molecule has 0 spiro atoms. The van der Waals surface area contributed by atoms with E-state index in [-0.39, 0.29) is 6.10 Å². The van der Waals surface area contributed by atoms with Crippen LogP contribution in [0.4, 0.5) is 11.6 Å². The number of fused-ring (bicyclic) bond motifs is 1. The quantitative estimate of drug-likeness (QED) is 0.380. The van der Waals surface area contributed by atoms with Gasteiger partial charge in [0.1, 0.15) is 5.75 Å². The molecule has 4 rings (SSSR count). The van der Waals surface area contributed by atoms with Gasteiger partial charge in [-0.25, -0.2) is 4.52 Å². The average Bonchev–Trinajstić information content (AvgIpc) is 3.20. The number of aromatic nitrogens is 3. The largest absolute Gasteiger partial charge is 0.490 e. The van der Waals surface area contributed by atoms with E-state index in [2.05, 4.69) is 53.0 Å². The summed E-state index contributed by atoms with van der Waals surface area (Å²) in [5.41, 5.74) is 6.49. The molecular weight excluding hydrogens is 398 g/mol. The summed E-state index contributed by atoms with van der Waals surface area (Å²) >= 11 is 0. The highest BCUT2D eigenvalue weighted by Crippen LogP contribution is 2.33. The molecule has 32 heavy (non-hydrogen) atoms. The first-order valence-electron chi connectivity index (χ1n) is 11.2. The van der Waals surface area contributed by atoms with Crippen LogP contribution in [-0.2, 0) is 12.8 Å². The third kappa shape index (κ3) is 4.75. The Morgan fingerprint density at radius 3 is 2.59 bits per heavy atom. The molecule has 0 atom stereocenters. The van der Waals surface area contributed by atoms with Crippen molar-refractivity contribution in [1.29, 1.82) is 0 Å². The Hall–Kier alpha value is -3.38. The number of hydrogen-bond donors (Lipinski definition) is 2. The fourth-order valence-corrected chi connectivity index (χ4v) is 3.89. The SMILES string of the molecule is CCc1ccc(Nc2nc3c(-c4ccccc4OC(C)C)cccn3n2)cc1CCNC. The molecule has 0 bridgehead atoms. The van der Waals surface area contributed by atoms with E-state index in [0.29, 0.717) is 5.95 Å². The van der Waals surface area contributed by atoms with Crippen LogP contribution in [0.3, 0.4) is 0 Å². The maximum atomic E-state index is 6.04. The summed E-state index contributed by atoms with van der Waals surface area (Å²) in [4.78, 5) is 4.81. The first kappa shape index (κ1) is 21.8. The van der Waals surface area contributed by atoms with Crippen molar-refractivity contribution in [2.75, 3.05) is 18.9 Å². The number of nitrogens with one attached hydrogen (secondary N) is 2. The van der Waals surface area contributed by atoms with E-state index in [1.807, 2.05) is 55.9 Å². The molecule has 0 saturated carbocycles. The van der Waals surface area contributed by atoms with Gasteiger partial charge >= 0.3 is 0 Å². The molecular formula is C26H31N5O. The molecule has 0 unspecified atom stereocenters. The van der Waals surface area contributed by atoms with Crippen molar-refractivity contribution in [1.82, 2.24) is 19.9 Å². The Balaban J connectivity index is 1.68. The van der Waals surface area contributed by atoms with Gasteiger partial charge in [0.2, 0.25) is 5.95 Å². The number of benzene rings is 2. The number of pyridine rings is 1. The van der Waals surface area contributed by atoms with Crippen LogP contribution in [-0.4, -0.2) is 34.3 Å². The maximum Gasteiger partial charge on any atom is 0.247 e. The molecule has 2 aromatic heterocycles. The summed E-state index contributed by atoms with van der Waals surface area (Å²) in [6, 6.07) is 18.6. The Labute approximate surface area is 189 Å². The summed E-state index contributed by atoms with van der Waals surface area (Å²) in [7, 11) is 1.98. The molecule has 0 fully saturated rings. The molecule has 2 heterocycles. The number of anilines is 2. The van der Waals surface area contributed by atoms with Crippen LogP contribution in [0.25, 0.3) is 16.8 Å². The molecule has 0 aliphatic carbocycles. The second-order valence-corrected chi connectivity index (χ2v) is 8.10. The number of aryl methyl sites for hydroxylation is 1. The molecule has 6 heteroatoms. The van der Waals surface area contributed by atoms with Gasteiger partial charge in [-0.1, -0.05) is 31.2 Å². The molecule has 2 aromatic carbocycles. The van der Waals surface area contributed by atoms with Crippen LogP contribution >= 0.6 is 0 Å². The van der Waals surface area contributed by atoms with Crippen molar-refractivity contribution in [2.45, 2.75) is 39.7 Å². The van der Waals surface area contributed by atoms with Crippen LogP contribution in [0.1, 0.15) is 31.9 Å². The summed E-state index contributed by atoms with van der Waals surface area (Å²) in [5.74, 6) is 1.42. The molecule has 0 radical (unpaired) electrons. The lowest BCUT2D eigenvalue weighted by atomic mass is 10.0. The second kappa shape index (κ2) is 9.83. The van der Waals surface area contributed by atoms with Gasteiger partial charge < -0.3 is 15.4 Å². The van der Waals surface area contributed by atoms with E-state index in [4.69, 9.17) is 9.72 Å². The van der Waals surface area contributed by atoms with Gasteiger partial charge in [0.15, 0.2) is 5.65 Å². The van der Waals surface area contributed by atoms with Gasteiger partial charge in [0.25, 0.3) is 0 Å². The highest BCUT2D eigenvalue weighted by Gasteiger charge is 2.14. The minimum atomic E-state index is 0.0918. The van der Waals surface area contributed by atoms with Gasteiger partial charge in [0.05, 0.1) is 6.10 Å². The van der Waals surface area contributed by atoms with Crippen molar-refractivity contribution in [2.24, 2.45) is 0 Å². The van der Waals surface area contributed by atoms with Crippen LogP contribution in [0, 0.1) is 0 Å². The van der Waals surface area contributed by atoms with Gasteiger partial charge in [-0.3, -0.25) is 0 Å². The number of ether oxygens (including phenoxy) is 1. The normalized spacial score (nSPS) is 11.3. The van der Waals surface area contributed by atoms with E-state index in [1.165, 1.54) is 11.1 Å². The summed E-state index contributed by atoms with van der Waals surface area (Å²) in [5, 5.41) is 11.3. The van der Waals surface area contributed by atoms with E-state index in [1.54, 1.807) is 0 Å². The predicted molar refractivity (Wildman–Crippen MR) is 131 cm³/mol. The molecule has 0 aliphatic heterocycles. The lowest BCUT2D eigenvalue weighted by Gasteiger charge is -2.14. The van der Waals surface area contributed by atoms with Crippen molar-refractivity contribution < 1.29 is 4.74 Å². The Kier molecular flexibility index (Phi) is 6.71. The van der Waals surface area contributed by atoms with Crippen LogP contribution in [0.5, 0.6) is 5.75 Å². The van der Waals surface area contributed by atoms with E-state index < -0.39 is 0 Å². The highest BCUT2D eigenvalue weighted by molar-refractivity contribution is 5.82. The topological polar surface area (TPSA) is 63.5 Å². The second-order valence-electron chi connectivity index (χ2n) is 8.10. The van der Waals surface area contributed by atoms with Crippen LogP contribution < -0.4 is 15.4 Å². The first-order valence-corrected chi connectivity index (χ1v) is 11.2. The molecule has 2 N–H and O–H groups in total. The summed E-state index contributed by atoms with van der Waals surface area (Å²) in [6.07, 6.45) is 4.02. The first-order chi connectivity index (χ1) is 15.6. The van der Waals surface area contributed by atoms with Gasteiger partial charge in [-0.15, -0.1) is 5.10 Å². The van der Waals surface area contributed by atoms with Crippen molar-refractivity contribution in [3.8, 4) is 16.9 Å². The molecule has 6 nitrogen and oxygen atoms in total. The molecule has 166 valence electrons. The minimum absolute atomic E-state index is 0.0918. The van der Waals surface area contributed by atoms with E-state index in [0.717, 1.165) is 47.6 Å². The highest BCUT2D eigenvalue weighted by atomic mass is 16.5. The minimum Gasteiger partial charge on any atom is -0.490 e. The molecule has 4 aromatic rings. The maximum absolute atomic E-state index is 6.04. The van der Waals surface area contributed by atoms with Crippen molar-refractivity contribution in [3.05, 3.63) is 71.9 Å². The predicted octanol–water partition coefficient (Wildman–Crippen LogP) is 5.25. The Morgan fingerprint density at radius 1 is 1.00 bits per heavy atom. The number of nitrogens with zero attached hydrogens (tertiary/aromatic N) is 3. The third-order valence-corrected chi connectivity index (χ3v) is 5.39. The fraction of sp³-hybridized carbons (Fsp3) is 0.308. The van der Waals surface area contributed by atoms with Crippen molar-refractivity contribution >= 4 is 17.3 Å². The fourth-order valence-electron chi connectivity index (χ4n) is 3.89. The van der Waals surface area contributed by atoms with Gasteiger partial charge in [-0.05, 0) is 81.7 Å². The average molecular weight is 430 g/mol. The van der Waals surface area contributed by atoms with Gasteiger partial charge in [0, 0.05) is 23.0 Å².